The molecule has 1 fully saturated rings. The molecule has 1 aliphatic heterocycles. The van der Waals surface area contributed by atoms with Crippen molar-refractivity contribution in [2.24, 2.45) is 0 Å². The van der Waals surface area contributed by atoms with Crippen molar-refractivity contribution in [2.75, 3.05) is 30.4 Å². The molecule has 3 N–H and O–H groups in total. The lowest BCUT2D eigenvalue weighted by Gasteiger charge is -2.28. The molecule has 0 aliphatic carbocycles. The van der Waals surface area contributed by atoms with Gasteiger partial charge in [-0.2, -0.15) is 0 Å². The number of rotatable bonds is 4. The Labute approximate surface area is 123 Å². The molecule has 0 aromatic carbocycles. The minimum Gasteiger partial charge on any atom is -0.397 e. The zero-order valence-electron chi connectivity index (χ0n) is 11.8. The van der Waals surface area contributed by atoms with Gasteiger partial charge in [0.2, 0.25) is 0 Å². The van der Waals surface area contributed by atoms with Crippen LogP contribution in [0.4, 0.5) is 5.69 Å². The average molecular weight is 313 g/mol. The van der Waals surface area contributed by atoms with E-state index < -0.39 is 15.9 Å². The number of aromatic nitrogens is 1. The number of aryl methyl sites for hydroxylation is 1. The predicted octanol–water partition coefficient (Wildman–Crippen LogP) is -0.406. The number of amides is 1. The molecule has 1 saturated heterocycles. The highest BCUT2D eigenvalue weighted by atomic mass is 32.2. The van der Waals surface area contributed by atoms with Crippen LogP contribution in [-0.2, 0) is 9.84 Å². The molecular formula is C13H19N3O4S. The number of pyridine rings is 1. The second-order valence-corrected chi connectivity index (χ2v) is 7.41. The van der Waals surface area contributed by atoms with Gasteiger partial charge in [-0.1, -0.05) is 0 Å². The summed E-state index contributed by atoms with van der Waals surface area (Å²) in [7, 11) is -3.11. The molecule has 1 amide bonds. The molecule has 116 valence electrons. The molecule has 1 aliphatic rings. The molecule has 8 heteroatoms. The third-order valence-corrected chi connectivity index (χ3v) is 5.34. The van der Waals surface area contributed by atoms with E-state index >= 15 is 0 Å². The Morgan fingerprint density at radius 2 is 2.29 bits per heavy atom. The highest BCUT2D eigenvalue weighted by Crippen LogP contribution is 2.21. The standard InChI is InChI=1S/C13H19N3O4S/c1-9-12(6-10(14)7-15-9)13(18)16(3-4-17)11-2-5-21(19,20)8-11/h6-7,11,17H,2-5,8,14H2,1H3. The van der Waals surface area contributed by atoms with Gasteiger partial charge in [0.05, 0.1) is 41.3 Å². The van der Waals surface area contributed by atoms with Gasteiger partial charge in [-0.3, -0.25) is 9.78 Å². The van der Waals surface area contributed by atoms with E-state index in [0.717, 1.165) is 0 Å². The summed E-state index contributed by atoms with van der Waals surface area (Å²) in [6, 6.07) is 1.12. The quantitative estimate of drug-likeness (QED) is 0.781. The van der Waals surface area contributed by atoms with Crippen molar-refractivity contribution >= 4 is 21.4 Å². The molecule has 0 spiro atoms. The Balaban J connectivity index is 2.30. The van der Waals surface area contributed by atoms with E-state index in [2.05, 4.69) is 4.98 Å². The number of aliphatic hydroxyl groups excluding tert-OH is 1. The van der Waals surface area contributed by atoms with Gasteiger partial charge in [-0.15, -0.1) is 0 Å². The molecule has 1 aromatic rings. The van der Waals surface area contributed by atoms with E-state index in [0.29, 0.717) is 23.4 Å². The molecule has 21 heavy (non-hydrogen) atoms. The molecule has 2 rings (SSSR count). The Morgan fingerprint density at radius 3 is 2.86 bits per heavy atom. The summed E-state index contributed by atoms with van der Waals surface area (Å²) in [5, 5.41) is 9.16. The van der Waals surface area contributed by atoms with Crippen LogP contribution in [0.25, 0.3) is 0 Å². The number of nitrogen functional groups attached to an aromatic ring is 1. The number of aliphatic hydroxyl groups is 1. The first-order valence-electron chi connectivity index (χ1n) is 6.68. The first kappa shape index (κ1) is 15.7. The summed E-state index contributed by atoms with van der Waals surface area (Å²) in [6.45, 7) is 1.56. The number of nitrogens with zero attached hydrogens (tertiary/aromatic N) is 2. The van der Waals surface area contributed by atoms with Gasteiger partial charge in [0.25, 0.3) is 5.91 Å². The van der Waals surface area contributed by atoms with Gasteiger partial charge >= 0.3 is 0 Å². The number of hydrogen-bond acceptors (Lipinski definition) is 6. The minimum atomic E-state index is -3.11. The molecule has 0 saturated carbocycles. The largest absolute Gasteiger partial charge is 0.397 e. The molecule has 0 bridgehead atoms. The van der Waals surface area contributed by atoms with E-state index in [1.807, 2.05) is 0 Å². The predicted molar refractivity (Wildman–Crippen MR) is 78.6 cm³/mol. The van der Waals surface area contributed by atoms with Crippen LogP contribution in [0.5, 0.6) is 0 Å². The molecule has 1 atom stereocenters. The zero-order valence-corrected chi connectivity index (χ0v) is 12.6. The first-order chi connectivity index (χ1) is 9.84. The van der Waals surface area contributed by atoms with Crippen molar-refractivity contribution < 1.29 is 18.3 Å². The van der Waals surface area contributed by atoms with Crippen molar-refractivity contribution in [3.63, 3.8) is 0 Å². The fourth-order valence-corrected chi connectivity index (χ4v) is 4.23. The number of carbonyl (C=O) groups is 1. The molecule has 1 unspecified atom stereocenters. The van der Waals surface area contributed by atoms with Crippen LogP contribution < -0.4 is 5.73 Å². The van der Waals surface area contributed by atoms with E-state index in [-0.39, 0.29) is 30.6 Å². The summed E-state index contributed by atoms with van der Waals surface area (Å²) in [5.74, 6) is -0.336. The fourth-order valence-electron chi connectivity index (χ4n) is 2.50. The van der Waals surface area contributed by atoms with Crippen molar-refractivity contribution in [1.82, 2.24) is 9.88 Å². The topological polar surface area (TPSA) is 114 Å². The smallest absolute Gasteiger partial charge is 0.256 e. The maximum absolute atomic E-state index is 12.6. The summed E-state index contributed by atoms with van der Waals surface area (Å²) in [6.07, 6.45) is 1.85. The van der Waals surface area contributed by atoms with Crippen LogP contribution in [0.1, 0.15) is 22.5 Å². The molecule has 7 nitrogen and oxygen atoms in total. The van der Waals surface area contributed by atoms with Crippen molar-refractivity contribution in [3.8, 4) is 0 Å². The van der Waals surface area contributed by atoms with Gasteiger partial charge in [0.1, 0.15) is 0 Å². The van der Waals surface area contributed by atoms with E-state index in [1.165, 1.54) is 17.2 Å². The third kappa shape index (κ3) is 3.51. The Hall–Kier alpha value is -1.67. The number of carbonyl (C=O) groups excluding carboxylic acids is 1. The Bertz CT molecular complexity index is 645. The second-order valence-electron chi connectivity index (χ2n) is 5.18. The van der Waals surface area contributed by atoms with E-state index in [4.69, 9.17) is 10.8 Å². The van der Waals surface area contributed by atoms with Gasteiger partial charge < -0.3 is 15.7 Å². The lowest BCUT2D eigenvalue weighted by molar-refractivity contribution is 0.0654. The maximum atomic E-state index is 12.6. The summed E-state index contributed by atoms with van der Waals surface area (Å²) in [4.78, 5) is 18.1. The van der Waals surface area contributed by atoms with Gasteiger partial charge in [0.15, 0.2) is 9.84 Å². The van der Waals surface area contributed by atoms with Crippen LogP contribution in [-0.4, -0.2) is 60.0 Å². The summed E-state index contributed by atoms with van der Waals surface area (Å²) in [5.41, 5.74) is 6.89. The van der Waals surface area contributed by atoms with Crippen LogP contribution in [0, 0.1) is 6.92 Å². The highest BCUT2D eigenvalue weighted by Gasteiger charge is 2.35. The van der Waals surface area contributed by atoms with Gasteiger partial charge in [-0.05, 0) is 19.4 Å². The molecule has 2 heterocycles. The van der Waals surface area contributed by atoms with Crippen LogP contribution in [0.15, 0.2) is 12.3 Å². The Kier molecular flexibility index (Phi) is 4.48. The van der Waals surface area contributed by atoms with Crippen molar-refractivity contribution in [1.29, 1.82) is 0 Å². The maximum Gasteiger partial charge on any atom is 0.256 e. The van der Waals surface area contributed by atoms with E-state index in [9.17, 15) is 13.2 Å². The summed E-state index contributed by atoms with van der Waals surface area (Å²) < 4.78 is 23.2. The lowest BCUT2D eigenvalue weighted by atomic mass is 10.1. The normalized spacial score (nSPS) is 20.4. The van der Waals surface area contributed by atoms with Gasteiger partial charge in [0, 0.05) is 12.6 Å². The van der Waals surface area contributed by atoms with Crippen LogP contribution >= 0.6 is 0 Å². The fraction of sp³-hybridized carbons (Fsp3) is 0.538. The lowest BCUT2D eigenvalue weighted by Crippen LogP contribution is -2.43. The SMILES string of the molecule is Cc1ncc(N)cc1C(=O)N(CCO)C1CCS(=O)(=O)C1. The van der Waals surface area contributed by atoms with Crippen molar-refractivity contribution in [2.45, 2.75) is 19.4 Å². The molecule has 0 radical (unpaired) electrons. The number of anilines is 1. The number of sulfone groups is 1. The minimum absolute atomic E-state index is 0.0620. The van der Waals surface area contributed by atoms with Crippen molar-refractivity contribution in [3.05, 3.63) is 23.5 Å². The monoisotopic (exact) mass is 313 g/mol. The van der Waals surface area contributed by atoms with Crippen LogP contribution in [0.2, 0.25) is 0 Å². The van der Waals surface area contributed by atoms with E-state index in [1.54, 1.807) is 6.92 Å². The number of hydrogen-bond donors (Lipinski definition) is 2. The second kappa shape index (κ2) is 5.98. The first-order valence-corrected chi connectivity index (χ1v) is 8.50. The molecular weight excluding hydrogens is 294 g/mol. The number of nitrogens with two attached hydrogens (primary N) is 1. The molecule has 1 aromatic heterocycles. The third-order valence-electron chi connectivity index (χ3n) is 3.59. The highest BCUT2D eigenvalue weighted by molar-refractivity contribution is 7.91. The van der Waals surface area contributed by atoms with Crippen LogP contribution in [0.3, 0.4) is 0 Å². The Morgan fingerprint density at radius 1 is 1.57 bits per heavy atom. The zero-order chi connectivity index (χ0) is 15.6. The summed E-state index contributed by atoms with van der Waals surface area (Å²) >= 11 is 0. The average Bonchev–Trinajstić information content (AvgIpc) is 2.78. The van der Waals surface area contributed by atoms with Gasteiger partial charge in [-0.25, -0.2) is 8.42 Å².